The summed E-state index contributed by atoms with van der Waals surface area (Å²) in [5.74, 6) is 1.84. The summed E-state index contributed by atoms with van der Waals surface area (Å²) in [6, 6.07) is 18.6. The van der Waals surface area contributed by atoms with Crippen molar-refractivity contribution in [1.29, 1.82) is 0 Å². The molecule has 0 radical (unpaired) electrons. The highest BCUT2D eigenvalue weighted by molar-refractivity contribution is 7.13. The predicted octanol–water partition coefficient (Wildman–Crippen LogP) is 6.35. The van der Waals surface area contributed by atoms with Gasteiger partial charge in [-0.1, -0.05) is 47.5 Å². The second-order valence-electron chi connectivity index (χ2n) is 7.47. The van der Waals surface area contributed by atoms with Crippen molar-refractivity contribution in [3.8, 4) is 27.8 Å². The number of hydrogen-bond acceptors (Lipinski definition) is 6. The van der Waals surface area contributed by atoms with Crippen LogP contribution in [0, 0.1) is 0 Å². The quantitative estimate of drug-likeness (QED) is 0.312. The molecule has 1 aliphatic heterocycles. The normalized spacial score (nSPS) is 11.9. The molecular formula is C25H18Cl2N2O4S. The van der Waals surface area contributed by atoms with E-state index in [0.29, 0.717) is 46.1 Å². The van der Waals surface area contributed by atoms with Crippen LogP contribution in [0.1, 0.15) is 21.6 Å². The second kappa shape index (κ2) is 9.93. The van der Waals surface area contributed by atoms with E-state index in [1.807, 2.05) is 48.5 Å². The summed E-state index contributed by atoms with van der Waals surface area (Å²) in [4.78, 5) is 17.1. The van der Waals surface area contributed by atoms with Gasteiger partial charge < -0.3 is 19.5 Å². The van der Waals surface area contributed by atoms with Crippen LogP contribution in [-0.4, -0.2) is 17.7 Å². The first kappa shape index (κ1) is 22.5. The van der Waals surface area contributed by atoms with E-state index < -0.39 is 0 Å². The zero-order valence-corrected chi connectivity index (χ0v) is 20.0. The van der Waals surface area contributed by atoms with E-state index in [4.69, 9.17) is 37.4 Å². The molecular weight excluding hydrogens is 495 g/mol. The topological polar surface area (TPSA) is 69.7 Å². The van der Waals surface area contributed by atoms with Gasteiger partial charge in [-0.25, -0.2) is 4.98 Å². The standard InChI is InChI=1S/C25H18Cl2N2O4S/c26-19-6-4-16(8-20(19)27)12-31-18-3-1-2-17(10-18)25-29-21(13-34-25)24(30)28-11-15-5-7-22-23(9-15)33-14-32-22/h1-10,13H,11-12,14H2,(H,28,30). The number of aromatic nitrogens is 1. The third-order valence-corrected chi connectivity index (χ3v) is 6.73. The molecule has 1 aromatic heterocycles. The molecule has 3 aromatic carbocycles. The van der Waals surface area contributed by atoms with Crippen LogP contribution in [0.4, 0.5) is 0 Å². The maximum atomic E-state index is 12.6. The molecule has 0 fully saturated rings. The van der Waals surface area contributed by atoms with Crippen LogP contribution in [0.25, 0.3) is 10.6 Å². The van der Waals surface area contributed by atoms with Gasteiger partial charge in [0.2, 0.25) is 6.79 Å². The van der Waals surface area contributed by atoms with Gasteiger partial charge in [0.15, 0.2) is 11.5 Å². The number of thiazole rings is 1. The van der Waals surface area contributed by atoms with E-state index in [0.717, 1.165) is 21.7 Å². The minimum atomic E-state index is -0.243. The fraction of sp³-hybridized carbons (Fsp3) is 0.120. The summed E-state index contributed by atoms with van der Waals surface area (Å²) >= 11 is 13.4. The molecule has 0 bridgehead atoms. The predicted molar refractivity (Wildman–Crippen MR) is 132 cm³/mol. The molecule has 0 aliphatic carbocycles. The average molecular weight is 513 g/mol. The number of ether oxygens (including phenoxy) is 3. The summed E-state index contributed by atoms with van der Waals surface area (Å²) in [6.07, 6.45) is 0. The smallest absolute Gasteiger partial charge is 0.271 e. The molecule has 6 nitrogen and oxygen atoms in total. The van der Waals surface area contributed by atoms with Crippen LogP contribution in [-0.2, 0) is 13.2 Å². The van der Waals surface area contributed by atoms with Crippen LogP contribution in [0.3, 0.4) is 0 Å². The van der Waals surface area contributed by atoms with Crippen molar-refractivity contribution in [2.75, 3.05) is 6.79 Å². The molecule has 1 N–H and O–H groups in total. The van der Waals surface area contributed by atoms with Crippen LogP contribution >= 0.6 is 34.5 Å². The monoisotopic (exact) mass is 512 g/mol. The van der Waals surface area contributed by atoms with Crippen LogP contribution in [0.2, 0.25) is 10.0 Å². The van der Waals surface area contributed by atoms with E-state index >= 15 is 0 Å². The van der Waals surface area contributed by atoms with Gasteiger partial charge in [-0.2, -0.15) is 0 Å². The Hall–Kier alpha value is -3.26. The van der Waals surface area contributed by atoms with E-state index in [1.54, 1.807) is 17.5 Å². The Morgan fingerprint density at radius 1 is 1.00 bits per heavy atom. The summed E-state index contributed by atoms with van der Waals surface area (Å²) in [5, 5.41) is 6.36. The number of halogens is 2. The number of amides is 1. The molecule has 0 spiro atoms. The molecule has 2 heterocycles. The Bertz CT molecular complexity index is 1360. The second-order valence-corrected chi connectivity index (χ2v) is 9.15. The number of benzene rings is 3. The molecule has 0 atom stereocenters. The number of nitrogens with zero attached hydrogens (tertiary/aromatic N) is 1. The summed E-state index contributed by atoms with van der Waals surface area (Å²) in [5.41, 5.74) is 3.06. The SMILES string of the molecule is O=C(NCc1ccc2c(c1)OCO2)c1csc(-c2cccc(OCc3ccc(Cl)c(Cl)c3)c2)n1. The first-order valence-corrected chi connectivity index (χ1v) is 12.0. The molecule has 9 heteroatoms. The Labute approximate surface area is 210 Å². The number of fused-ring (bicyclic) bond motifs is 1. The largest absolute Gasteiger partial charge is 0.489 e. The number of carbonyl (C=O) groups excluding carboxylic acids is 1. The highest BCUT2D eigenvalue weighted by Crippen LogP contribution is 2.32. The minimum Gasteiger partial charge on any atom is -0.489 e. The van der Waals surface area contributed by atoms with Gasteiger partial charge in [-0.3, -0.25) is 4.79 Å². The summed E-state index contributed by atoms with van der Waals surface area (Å²) in [6.45, 7) is 0.931. The van der Waals surface area contributed by atoms with Crippen molar-refractivity contribution in [3.63, 3.8) is 0 Å². The maximum Gasteiger partial charge on any atom is 0.271 e. The van der Waals surface area contributed by atoms with Crippen molar-refractivity contribution in [3.05, 3.63) is 92.9 Å². The van der Waals surface area contributed by atoms with E-state index in [9.17, 15) is 4.79 Å². The lowest BCUT2D eigenvalue weighted by atomic mass is 10.2. The minimum absolute atomic E-state index is 0.217. The molecule has 5 rings (SSSR count). The van der Waals surface area contributed by atoms with E-state index in [2.05, 4.69) is 10.3 Å². The summed E-state index contributed by atoms with van der Waals surface area (Å²) < 4.78 is 16.6. The van der Waals surface area contributed by atoms with Crippen LogP contribution < -0.4 is 19.5 Å². The Kier molecular flexibility index (Phi) is 6.58. The molecule has 1 amide bonds. The van der Waals surface area contributed by atoms with Crippen molar-refractivity contribution in [2.24, 2.45) is 0 Å². The van der Waals surface area contributed by atoms with Crippen molar-refractivity contribution in [2.45, 2.75) is 13.2 Å². The lowest BCUT2D eigenvalue weighted by molar-refractivity contribution is 0.0946. The van der Waals surface area contributed by atoms with E-state index in [1.165, 1.54) is 11.3 Å². The Morgan fingerprint density at radius 3 is 2.74 bits per heavy atom. The number of hydrogen-bond donors (Lipinski definition) is 1. The fourth-order valence-electron chi connectivity index (χ4n) is 3.35. The van der Waals surface area contributed by atoms with Gasteiger partial charge in [0.25, 0.3) is 5.91 Å². The average Bonchev–Trinajstić information content (AvgIpc) is 3.53. The molecule has 0 unspecified atom stereocenters. The third-order valence-electron chi connectivity index (χ3n) is 5.10. The number of carbonyl (C=O) groups is 1. The zero-order valence-electron chi connectivity index (χ0n) is 17.7. The van der Waals surface area contributed by atoms with Gasteiger partial charge in [-0.15, -0.1) is 11.3 Å². The van der Waals surface area contributed by atoms with Gasteiger partial charge >= 0.3 is 0 Å². The van der Waals surface area contributed by atoms with Crippen molar-refractivity contribution in [1.82, 2.24) is 10.3 Å². The number of nitrogens with one attached hydrogen (secondary N) is 1. The first-order chi connectivity index (χ1) is 16.5. The molecule has 1 aliphatic rings. The molecule has 0 saturated heterocycles. The Morgan fingerprint density at radius 2 is 1.85 bits per heavy atom. The lowest BCUT2D eigenvalue weighted by Gasteiger charge is -2.08. The Balaban J connectivity index is 1.21. The van der Waals surface area contributed by atoms with Crippen LogP contribution in [0.15, 0.2) is 66.0 Å². The van der Waals surface area contributed by atoms with E-state index in [-0.39, 0.29) is 12.7 Å². The van der Waals surface area contributed by atoms with Crippen molar-refractivity contribution < 1.29 is 19.0 Å². The first-order valence-electron chi connectivity index (χ1n) is 10.3. The molecule has 172 valence electrons. The van der Waals surface area contributed by atoms with Gasteiger partial charge in [0, 0.05) is 17.5 Å². The third kappa shape index (κ3) is 5.12. The maximum absolute atomic E-state index is 12.6. The fourth-order valence-corrected chi connectivity index (χ4v) is 4.47. The highest BCUT2D eigenvalue weighted by Gasteiger charge is 2.15. The van der Waals surface area contributed by atoms with Gasteiger partial charge in [0.1, 0.15) is 23.1 Å². The highest BCUT2D eigenvalue weighted by atomic mass is 35.5. The molecule has 34 heavy (non-hydrogen) atoms. The molecule has 4 aromatic rings. The zero-order chi connectivity index (χ0) is 23.5. The summed E-state index contributed by atoms with van der Waals surface area (Å²) in [7, 11) is 0. The van der Waals surface area contributed by atoms with Crippen molar-refractivity contribution >= 4 is 40.4 Å². The van der Waals surface area contributed by atoms with Gasteiger partial charge in [0.05, 0.1) is 10.0 Å². The van der Waals surface area contributed by atoms with Gasteiger partial charge in [-0.05, 0) is 47.5 Å². The molecule has 0 saturated carbocycles. The van der Waals surface area contributed by atoms with Crippen LogP contribution in [0.5, 0.6) is 17.2 Å². The number of rotatable bonds is 7. The lowest BCUT2D eigenvalue weighted by Crippen LogP contribution is -2.23.